The van der Waals surface area contributed by atoms with Crippen LogP contribution in [-0.2, 0) is 0 Å². The molecular formula is C18H22IN3O. The monoisotopic (exact) mass is 423 g/mol. The summed E-state index contributed by atoms with van der Waals surface area (Å²) in [6.07, 6.45) is -0.0162. The van der Waals surface area contributed by atoms with E-state index in [1.54, 1.807) is 0 Å². The lowest BCUT2D eigenvalue weighted by Gasteiger charge is -2.13. The quantitative estimate of drug-likeness (QED) is 0.433. The summed E-state index contributed by atoms with van der Waals surface area (Å²) >= 11 is 0. The smallest absolute Gasteiger partial charge is 0.193 e. The van der Waals surface area contributed by atoms with E-state index in [0.29, 0.717) is 5.96 Å². The number of ether oxygens (including phenoxy) is 1. The molecule has 1 aliphatic rings. The number of hydrogen-bond acceptors (Lipinski definition) is 2. The van der Waals surface area contributed by atoms with E-state index in [1.165, 1.54) is 11.1 Å². The molecule has 0 spiro atoms. The number of nitrogens with zero attached hydrogens (tertiary/aromatic N) is 1. The zero-order valence-corrected chi connectivity index (χ0v) is 15.9. The van der Waals surface area contributed by atoms with Crippen molar-refractivity contribution in [3.63, 3.8) is 0 Å². The Hall–Kier alpha value is -1.76. The summed E-state index contributed by atoms with van der Waals surface area (Å²) in [7, 11) is 0. The molecule has 1 aliphatic heterocycles. The van der Waals surface area contributed by atoms with Crippen LogP contribution in [0.2, 0.25) is 0 Å². The number of halogens is 1. The molecule has 0 fully saturated rings. The van der Waals surface area contributed by atoms with Gasteiger partial charge in [0.1, 0.15) is 17.9 Å². The predicted molar refractivity (Wildman–Crippen MR) is 106 cm³/mol. The van der Waals surface area contributed by atoms with Gasteiger partial charge in [-0.25, -0.2) is 4.99 Å². The number of benzene rings is 2. The van der Waals surface area contributed by atoms with Crippen molar-refractivity contribution in [1.82, 2.24) is 0 Å². The Morgan fingerprint density at radius 2 is 1.87 bits per heavy atom. The second-order valence-electron chi connectivity index (χ2n) is 5.74. The third kappa shape index (κ3) is 3.77. The van der Waals surface area contributed by atoms with Gasteiger partial charge in [-0.05, 0) is 50.1 Å². The van der Waals surface area contributed by atoms with Gasteiger partial charge in [0.25, 0.3) is 0 Å². The average Bonchev–Trinajstić information content (AvgIpc) is 2.79. The van der Waals surface area contributed by atoms with Gasteiger partial charge < -0.3 is 15.8 Å². The van der Waals surface area contributed by atoms with Crippen LogP contribution in [0.5, 0.6) is 5.75 Å². The summed E-state index contributed by atoms with van der Waals surface area (Å²) in [6.45, 7) is 6.18. The number of anilines is 1. The maximum Gasteiger partial charge on any atom is 0.193 e. The second-order valence-corrected chi connectivity index (χ2v) is 5.74. The first kappa shape index (κ1) is 17.6. The van der Waals surface area contributed by atoms with Gasteiger partial charge in [-0.3, -0.25) is 0 Å². The molecule has 0 saturated heterocycles. The van der Waals surface area contributed by atoms with Crippen molar-refractivity contribution in [3.8, 4) is 5.75 Å². The summed E-state index contributed by atoms with van der Waals surface area (Å²) in [5, 5.41) is 3.16. The zero-order valence-electron chi connectivity index (χ0n) is 13.5. The Kier molecular flexibility index (Phi) is 5.51. The lowest BCUT2D eigenvalue weighted by molar-refractivity contribution is 0.229. The fraction of sp³-hybridized carbons (Fsp3) is 0.278. The molecule has 1 heterocycles. The predicted octanol–water partition coefficient (Wildman–Crippen LogP) is 4.17. The van der Waals surface area contributed by atoms with Crippen LogP contribution in [0.3, 0.4) is 0 Å². The number of nitrogens with two attached hydrogens (primary N) is 1. The lowest BCUT2D eigenvalue weighted by atomic mass is 10.1. The molecule has 0 aliphatic carbocycles. The summed E-state index contributed by atoms with van der Waals surface area (Å²) in [5.41, 5.74) is 10.6. The minimum atomic E-state index is -0.0738. The van der Waals surface area contributed by atoms with E-state index in [-0.39, 0.29) is 36.1 Å². The third-order valence-corrected chi connectivity index (χ3v) is 4.05. The highest BCUT2D eigenvalue weighted by Crippen LogP contribution is 2.38. The van der Waals surface area contributed by atoms with Crippen LogP contribution in [0.1, 0.15) is 29.7 Å². The van der Waals surface area contributed by atoms with Crippen LogP contribution >= 0.6 is 24.0 Å². The summed E-state index contributed by atoms with van der Waals surface area (Å²) in [5.74, 6) is 1.29. The number of fused-ring (bicyclic) bond motifs is 1. The van der Waals surface area contributed by atoms with Crippen molar-refractivity contribution in [3.05, 3.63) is 59.2 Å². The molecule has 3 N–H and O–H groups in total. The maximum atomic E-state index is 6.08. The van der Waals surface area contributed by atoms with Gasteiger partial charge >= 0.3 is 0 Å². The van der Waals surface area contributed by atoms with Crippen molar-refractivity contribution in [2.75, 3.05) is 5.32 Å². The molecule has 0 radical (unpaired) electrons. The molecule has 5 heteroatoms. The van der Waals surface area contributed by atoms with Gasteiger partial charge in [0.15, 0.2) is 5.96 Å². The van der Waals surface area contributed by atoms with Gasteiger partial charge in [-0.15, -0.1) is 24.0 Å². The molecule has 4 nitrogen and oxygen atoms in total. The SMILES string of the molecule is Cc1ccc(NC(N)=NC2c3ccccc3OC2C)cc1C.I. The fourth-order valence-electron chi connectivity index (χ4n) is 2.67. The molecule has 122 valence electrons. The van der Waals surface area contributed by atoms with Gasteiger partial charge in [-0.2, -0.15) is 0 Å². The number of aryl methyl sites for hydroxylation is 2. The van der Waals surface area contributed by atoms with Crippen LogP contribution in [0.15, 0.2) is 47.5 Å². The van der Waals surface area contributed by atoms with Gasteiger partial charge in [-0.1, -0.05) is 24.3 Å². The van der Waals surface area contributed by atoms with Crippen molar-refractivity contribution < 1.29 is 4.74 Å². The highest BCUT2D eigenvalue weighted by molar-refractivity contribution is 14.0. The minimum Gasteiger partial charge on any atom is -0.488 e. The van der Waals surface area contributed by atoms with E-state index < -0.39 is 0 Å². The second kappa shape index (κ2) is 7.21. The first-order chi connectivity index (χ1) is 10.5. The normalized spacial score (nSPS) is 19.5. The van der Waals surface area contributed by atoms with E-state index in [2.05, 4.69) is 36.3 Å². The maximum absolute atomic E-state index is 6.08. The van der Waals surface area contributed by atoms with Crippen LogP contribution in [0, 0.1) is 13.8 Å². The van der Waals surface area contributed by atoms with Crippen LogP contribution in [0.4, 0.5) is 5.69 Å². The topological polar surface area (TPSA) is 59.6 Å². The molecule has 2 unspecified atom stereocenters. The zero-order chi connectivity index (χ0) is 15.7. The first-order valence-electron chi connectivity index (χ1n) is 7.48. The van der Waals surface area contributed by atoms with Crippen molar-refractivity contribution >= 4 is 35.6 Å². The van der Waals surface area contributed by atoms with Gasteiger partial charge in [0.05, 0.1) is 0 Å². The summed E-state index contributed by atoms with van der Waals surface area (Å²) in [4.78, 5) is 4.60. The van der Waals surface area contributed by atoms with E-state index >= 15 is 0 Å². The van der Waals surface area contributed by atoms with E-state index in [1.807, 2.05) is 37.3 Å². The van der Waals surface area contributed by atoms with E-state index in [9.17, 15) is 0 Å². The number of rotatable bonds is 2. The molecule has 0 aromatic heterocycles. The van der Waals surface area contributed by atoms with Crippen LogP contribution in [-0.4, -0.2) is 12.1 Å². The standard InChI is InChI=1S/C18H21N3O.HI/c1-11-8-9-14(10-12(11)2)20-18(19)21-17-13(3)22-16-7-5-4-6-15(16)17;/h4-10,13,17H,1-3H3,(H3,19,20,21);1H. The van der Waals surface area contributed by atoms with E-state index in [0.717, 1.165) is 17.0 Å². The molecule has 2 atom stereocenters. The number of aliphatic imine (C=N–C) groups is 1. The fourth-order valence-corrected chi connectivity index (χ4v) is 2.67. The molecular weight excluding hydrogens is 401 g/mol. The Morgan fingerprint density at radius 3 is 2.61 bits per heavy atom. The summed E-state index contributed by atoms with van der Waals surface area (Å²) in [6, 6.07) is 14.0. The Morgan fingerprint density at radius 1 is 1.13 bits per heavy atom. The largest absolute Gasteiger partial charge is 0.488 e. The third-order valence-electron chi connectivity index (χ3n) is 4.05. The van der Waals surface area contributed by atoms with Crippen LogP contribution < -0.4 is 15.8 Å². The van der Waals surface area contributed by atoms with Crippen molar-refractivity contribution in [2.24, 2.45) is 10.7 Å². The van der Waals surface area contributed by atoms with E-state index in [4.69, 9.17) is 10.5 Å². The summed E-state index contributed by atoms with van der Waals surface area (Å²) < 4.78 is 5.81. The lowest BCUT2D eigenvalue weighted by Crippen LogP contribution is -2.25. The number of guanidine groups is 1. The van der Waals surface area contributed by atoms with Gasteiger partial charge in [0.2, 0.25) is 0 Å². The molecule has 3 rings (SSSR count). The highest BCUT2D eigenvalue weighted by Gasteiger charge is 2.30. The first-order valence-corrected chi connectivity index (χ1v) is 7.48. The highest BCUT2D eigenvalue weighted by atomic mass is 127. The Balaban J connectivity index is 0.00000192. The number of hydrogen-bond donors (Lipinski definition) is 2. The molecule has 23 heavy (non-hydrogen) atoms. The molecule has 2 aromatic rings. The molecule has 0 amide bonds. The molecule has 0 saturated carbocycles. The molecule has 2 aromatic carbocycles. The molecule has 0 bridgehead atoms. The average molecular weight is 423 g/mol. The van der Waals surface area contributed by atoms with Crippen molar-refractivity contribution in [2.45, 2.75) is 32.9 Å². The number of para-hydroxylation sites is 1. The van der Waals surface area contributed by atoms with Crippen LogP contribution in [0.25, 0.3) is 0 Å². The van der Waals surface area contributed by atoms with Crippen molar-refractivity contribution in [1.29, 1.82) is 0 Å². The Labute approximate surface area is 154 Å². The van der Waals surface area contributed by atoms with Gasteiger partial charge in [0, 0.05) is 11.3 Å². The number of nitrogens with one attached hydrogen (secondary N) is 1. The Bertz CT molecular complexity index is 730. The minimum absolute atomic E-state index is 0.